The summed E-state index contributed by atoms with van der Waals surface area (Å²) in [5, 5.41) is 3.16. The highest BCUT2D eigenvalue weighted by Gasteiger charge is 2.57. The molecule has 2 rings (SSSR count). The first-order valence-corrected chi connectivity index (χ1v) is 5.53. The minimum atomic E-state index is -2.46. The Kier molecular flexibility index (Phi) is 2.97. The molecular weight excluding hydrogens is 214 g/mol. The normalized spacial score (nSPS) is 27.9. The lowest BCUT2D eigenvalue weighted by Crippen LogP contribution is -2.70. The number of amides is 1. The van der Waals surface area contributed by atoms with Crippen LogP contribution in [0.15, 0.2) is 12.7 Å². The number of halogens is 2. The molecule has 1 N–H and O–H groups in total. The molecule has 0 aromatic carbocycles. The van der Waals surface area contributed by atoms with Crippen molar-refractivity contribution < 1.29 is 13.6 Å². The molecule has 90 valence electrons. The van der Waals surface area contributed by atoms with Gasteiger partial charge in [0.15, 0.2) is 0 Å². The lowest BCUT2D eigenvalue weighted by Gasteiger charge is -2.58. The first-order chi connectivity index (χ1) is 7.60. The summed E-state index contributed by atoms with van der Waals surface area (Å²) in [6.07, 6.45) is 0.102. The third-order valence-corrected chi connectivity index (χ3v) is 3.74. The summed E-state index contributed by atoms with van der Waals surface area (Å²) >= 11 is 0. The second-order valence-electron chi connectivity index (χ2n) is 4.56. The molecule has 0 saturated carbocycles. The number of nitrogens with zero attached hydrogens (tertiary/aromatic N) is 1. The van der Waals surface area contributed by atoms with Crippen LogP contribution in [0.1, 0.15) is 12.8 Å². The highest BCUT2D eigenvalue weighted by atomic mass is 19.3. The van der Waals surface area contributed by atoms with Crippen LogP contribution in [0.4, 0.5) is 8.78 Å². The minimum Gasteiger partial charge on any atom is -0.329 e. The summed E-state index contributed by atoms with van der Waals surface area (Å²) < 4.78 is 26.0. The SMILES string of the molecule is C=CC(=O)N1CC2(CCNCC2)[C@@H]1C(F)F. The van der Waals surface area contributed by atoms with E-state index in [4.69, 9.17) is 0 Å². The number of piperidine rings is 1. The zero-order valence-electron chi connectivity index (χ0n) is 9.09. The fourth-order valence-corrected chi connectivity index (χ4v) is 2.86. The minimum absolute atomic E-state index is 0.363. The van der Waals surface area contributed by atoms with Crippen LogP contribution in [0.5, 0.6) is 0 Å². The molecule has 2 aliphatic heterocycles. The Morgan fingerprint density at radius 2 is 2.12 bits per heavy atom. The average Bonchev–Trinajstić information content (AvgIpc) is 2.25. The summed E-state index contributed by atoms with van der Waals surface area (Å²) in [4.78, 5) is 12.6. The predicted octanol–water partition coefficient (Wildman–Crippen LogP) is 1.02. The van der Waals surface area contributed by atoms with Gasteiger partial charge in [-0.2, -0.15) is 0 Å². The van der Waals surface area contributed by atoms with E-state index >= 15 is 0 Å². The number of rotatable bonds is 2. The third kappa shape index (κ3) is 1.63. The monoisotopic (exact) mass is 230 g/mol. The number of carbonyl (C=O) groups excluding carboxylic acids is 1. The van der Waals surface area contributed by atoms with Crippen molar-refractivity contribution in [3.63, 3.8) is 0 Å². The van der Waals surface area contributed by atoms with Crippen LogP contribution in [0.25, 0.3) is 0 Å². The molecule has 2 fully saturated rings. The van der Waals surface area contributed by atoms with Gasteiger partial charge >= 0.3 is 0 Å². The van der Waals surface area contributed by atoms with Crippen LogP contribution in [-0.2, 0) is 4.79 Å². The van der Waals surface area contributed by atoms with E-state index in [9.17, 15) is 13.6 Å². The molecular formula is C11H16F2N2O. The van der Waals surface area contributed by atoms with E-state index < -0.39 is 12.5 Å². The highest BCUT2D eigenvalue weighted by Crippen LogP contribution is 2.47. The van der Waals surface area contributed by atoms with Gasteiger partial charge in [-0.25, -0.2) is 8.78 Å². The topological polar surface area (TPSA) is 32.3 Å². The Morgan fingerprint density at radius 3 is 2.62 bits per heavy atom. The van der Waals surface area contributed by atoms with E-state index in [1.165, 1.54) is 4.90 Å². The quantitative estimate of drug-likeness (QED) is 0.718. The Hall–Kier alpha value is -0.970. The number of hydrogen-bond acceptors (Lipinski definition) is 2. The van der Waals surface area contributed by atoms with Gasteiger partial charge in [0.2, 0.25) is 5.91 Å². The zero-order valence-corrected chi connectivity index (χ0v) is 9.09. The maximum Gasteiger partial charge on any atom is 0.259 e. The first-order valence-electron chi connectivity index (χ1n) is 5.53. The molecule has 2 saturated heterocycles. The van der Waals surface area contributed by atoms with E-state index in [2.05, 4.69) is 11.9 Å². The number of alkyl halides is 2. The van der Waals surface area contributed by atoms with Crippen molar-refractivity contribution in [2.75, 3.05) is 19.6 Å². The summed E-state index contributed by atoms with van der Waals surface area (Å²) in [6, 6.07) is -0.917. The smallest absolute Gasteiger partial charge is 0.259 e. The van der Waals surface area contributed by atoms with Gasteiger partial charge in [-0.05, 0) is 32.0 Å². The fourth-order valence-electron chi connectivity index (χ4n) is 2.86. The van der Waals surface area contributed by atoms with E-state index in [0.717, 1.165) is 32.0 Å². The van der Waals surface area contributed by atoms with Crippen LogP contribution >= 0.6 is 0 Å². The van der Waals surface area contributed by atoms with Crippen LogP contribution in [-0.4, -0.2) is 42.9 Å². The van der Waals surface area contributed by atoms with Gasteiger partial charge in [0.05, 0.1) is 0 Å². The molecule has 5 heteroatoms. The number of likely N-dealkylation sites (tertiary alicyclic amines) is 1. The Balaban J connectivity index is 2.13. The lowest BCUT2D eigenvalue weighted by atomic mass is 9.65. The van der Waals surface area contributed by atoms with Crippen molar-refractivity contribution in [3.05, 3.63) is 12.7 Å². The number of nitrogens with one attached hydrogen (secondary N) is 1. The fraction of sp³-hybridized carbons (Fsp3) is 0.727. The number of hydrogen-bond donors (Lipinski definition) is 1. The van der Waals surface area contributed by atoms with Crippen LogP contribution in [0.2, 0.25) is 0 Å². The molecule has 16 heavy (non-hydrogen) atoms. The predicted molar refractivity (Wildman–Crippen MR) is 56.2 cm³/mol. The molecule has 0 aliphatic carbocycles. The summed E-state index contributed by atoms with van der Waals surface area (Å²) in [5.74, 6) is -0.380. The van der Waals surface area contributed by atoms with Gasteiger partial charge in [0, 0.05) is 12.0 Å². The van der Waals surface area contributed by atoms with Crippen molar-refractivity contribution in [2.45, 2.75) is 25.3 Å². The molecule has 0 unspecified atom stereocenters. The van der Waals surface area contributed by atoms with Crippen molar-refractivity contribution in [1.82, 2.24) is 10.2 Å². The average molecular weight is 230 g/mol. The van der Waals surface area contributed by atoms with E-state index in [0.29, 0.717) is 6.54 Å². The van der Waals surface area contributed by atoms with Gasteiger partial charge in [-0.1, -0.05) is 6.58 Å². The molecule has 0 aromatic heterocycles. The van der Waals surface area contributed by atoms with Crippen molar-refractivity contribution in [1.29, 1.82) is 0 Å². The zero-order chi connectivity index (χ0) is 11.8. The standard InChI is InChI=1S/C11H16F2N2O/c1-2-8(16)15-7-11(9(15)10(12)13)3-5-14-6-4-11/h2,9-10,14H,1,3-7H2/t9-/m0/s1. The molecule has 3 nitrogen and oxygen atoms in total. The second kappa shape index (κ2) is 4.13. The third-order valence-electron chi connectivity index (χ3n) is 3.74. The van der Waals surface area contributed by atoms with Gasteiger partial charge < -0.3 is 10.2 Å². The molecule has 1 atom stereocenters. The molecule has 0 bridgehead atoms. The van der Waals surface area contributed by atoms with Crippen LogP contribution in [0.3, 0.4) is 0 Å². The van der Waals surface area contributed by atoms with Gasteiger partial charge in [-0.3, -0.25) is 4.79 Å². The number of carbonyl (C=O) groups is 1. The maximum absolute atomic E-state index is 13.0. The van der Waals surface area contributed by atoms with Crippen molar-refractivity contribution in [2.24, 2.45) is 5.41 Å². The van der Waals surface area contributed by atoms with E-state index in [1.807, 2.05) is 0 Å². The summed E-state index contributed by atoms with van der Waals surface area (Å²) in [5.41, 5.74) is -0.363. The van der Waals surface area contributed by atoms with Gasteiger partial charge in [0.1, 0.15) is 6.04 Å². The summed E-state index contributed by atoms with van der Waals surface area (Å²) in [7, 11) is 0. The largest absolute Gasteiger partial charge is 0.329 e. The molecule has 0 aromatic rings. The van der Waals surface area contributed by atoms with Crippen molar-refractivity contribution >= 4 is 5.91 Å². The molecule has 1 amide bonds. The molecule has 2 aliphatic rings. The molecule has 1 spiro atoms. The van der Waals surface area contributed by atoms with Crippen LogP contribution < -0.4 is 5.32 Å². The molecule has 0 radical (unpaired) electrons. The van der Waals surface area contributed by atoms with E-state index in [1.54, 1.807) is 0 Å². The van der Waals surface area contributed by atoms with Gasteiger partial charge in [-0.15, -0.1) is 0 Å². The highest BCUT2D eigenvalue weighted by molar-refractivity contribution is 5.88. The first kappa shape index (κ1) is 11.5. The molecule has 2 heterocycles. The van der Waals surface area contributed by atoms with Crippen LogP contribution in [0, 0.1) is 5.41 Å². The Labute approximate surface area is 93.5 Å². The second-order valence-corrected chi connectivity index (χ2v) is 4.56. The Morgan fingerprint density at radius 1 is 1.50 bits per heavy atom. The maximum atomic E-state index is 13.0. The Bertz CT molecular complexity index is 300. The van der Waals surface area contributed by atoms with Gasteiger partial charge in [0.25, 0.3) is 6.43 Å². The lowest BCUT2D eigenvalue weighted by molar-refractivity contribution is -0.175. The summed E-state index contributed by atoms with van der Waals surface area (Å²) in [6.45, 7) is 5.32. The van der Waals surface area contributed by atoms with E-state index in [-0.39, 0.29) is 11.3 Å². The van der Waals surface area contributed by atoms with Crippen molar-refractivity contribution in [3.8, 4) is 0 Å².